The molecular weight excluding hydrogens is 218 g/mol. The van der Waals surface area contributed by atoms with Crippen molar-refractivity contribution in [3.05, 3.63) is 0 Å². The second-order valence-electron chi connectivity index (χ2n) is 4.81. The van der Waals surface area contributed by atoms with Gasteiger partial charge in [0.25, 0.3) is 0 Å². The molecule has 0 aromatic rings. The number of carbonyl (C=O) groups excluding carboxylic acids is 1. The summed E-state index contributed by atoms with van der Waals surface area (Å²) < 4.78 is 4.82. The van der Waals surface area contributed by atoms with Gasteiger partial charge in [-0.2, -0.15) is 0 Å². The first-order valence-corrected chi connectivity index (χ1v) is 6.71. The van der Waals surface area contributed by atoms with Gasteiger partial charge in [0.05, 0.1) is 19.1 Å². The van der Waals surface area contributed by atoms with Crippen molar-refractivity contribution in [1.29, 1.82) is 0 Å². The van der Waals surface area contributed by atoms with Crippen LogP contribution in [-0.2, 0) is 9.53 Å². The zero-order chi connectivity index (χ0) is 12.7. The number of hydrogen-bond acceptors (Lipinski definition) is 4. The quantitative estimate of drug-likeness (QED) is 0.655. The lowest BCUT2D eigenvalue weighted by molar-refractivity contribution is -0.145. The molecule has 0 radical (unpaired) electrons. The number of aliphatic hydroxyl groups is 1. The van der Waals surface area contributed by atoms with Crippen molar-refractivity contribution in [2.75, 3.05) is 26.2 Å². The highest BCUT2D eigenvalue weighted by molar-refractivity contribution is 5.69. The summed E-state index contributed by atoms with van der Waals surface area (Å²) in [5.74, 6) is 0.490. The summed E-state index contributed by atoms with van der Waals surface area (Å²) in [4.78, 5) is 13.4. The first kappa shape index (κ1) is 14.5. The molecule has 0 heterocycles. The molecule has 0 spiro atoms. The van der Waals surface area contributed by atoms with E-state index in [2.05, 4.69) is 11.8 Å². The predicted octanol–water partition coefficient (Wildman–Crippen LogP) is 1.42. The summed E-state index contributed by atoms with van der Waals surface area (Å²) in [6.45, 7) is 6.80. The van der Waals surface area contributed by atoms with Crippen molar-refractivity contribution in [3.63, 3.8) is 0 Å². The highest BCUT2D eigenvalue weighted by Gasteiger charge is 2.22. The van der Waals surface area contributed by atoms with Crippen LogP contribution in [-0.4, -0.2) is 48.3 Å². The lowest BCUT2D eigenvalue weighted by atomic mass is 9.85. The highest BCUT2D eigenvalue weighted by Crippen LogP contribution is 2.27. The molecule has 0 saturated heterocycles. The van der Waals surface area contributed by atoms with Gasteiger partial charge < -0.3 is 14.7 Å². The number of hydrogen-bond donors (Lipinski definition) is 1. The van der Waals surface area contributed by atoms with Crippen LogP contribution in [0.15, 0.2) is 0 Å². The van der Waals surface area contributed by atoms with E-state index >= 15 is 0 Å². The van der Waals surface area contributed by atoms with E-state index in [9.17, 15) is 9.90 Å². The van der Waals surface area contributed by atoms with Crippen LogP contribution in [0.1, 0.15) is 39.5 Å². The zero-order valence-corrected chi connectivity index (χ0v) is 11.0. The van der Waals surface area contributed by atoms with Crippen molar-refractivity contribution in [2.24, 2.45) is 5.92 Å². The maximum Gasteiger partial charge on any atom is 0.308 e. The molecular formula is C13H25NO3. The summed E-state index contributed by atoms with van der Waals surface area (Å²) in [6.07, 6.45) is 3.46. The van der Waals surface area contributed by atoms with Crippen molar-refractivity contribution in [3.8, 4) is 0 Å². The average Bonchev–Trinajstić information content (AvgIpc) is 2.21. The van der Waals surface area contributed by atoms with Crippen molar-refractivity contribution in [1.82, 2.24) is 4.90 Å². The topological polar surface area (TPSA) is 49.8 Å². The van der Waals surface area contributed by atoms with Crippen LogP contribution in [0.4, 0.5) is 0 Å². The summed E-state index contributed by atoms with van der Waals surface area (Å²) in [5, 5.41) is 9.81. The number of esters is 1. The molecule has 4 nitrogen and oxygen atoms in total. The molecule has 1 aliphatic carbocycles. The summed E-state index contributed by atoms with van der Waals surface area (Å²) in [5.41, 5.74) is 0. The Balaban J connectivity index is 2.21. The molecule has 1 N–H and O–H groups in total. The minimum Gasteiger partial charge on any atom is -0.466 e. The molecule has 4 heteroatoms. The predicted molar refractivity (Wildman–Crippen MR) is 66.7 cm³/mol. The molecule has 0 aliphatic heterocycles. The molecule has 1 fully saturated rings. The Morgan fingerprint density at radius 2 is 2.18 bits per heavy atom. The van der Waals surface area contributed by atoms with Gasteiger partial charge in [0.1, 0.15) is 0 Å². The minimum absolute atomic E-state index is 0.106. The molecule has 1 aliphatic rings. The lowest BCUT2D eigenvalue weighted by Crippen LogP contribution is -2.38. The molecule has 1 saturated carbocycles. The second kappa shape index (κ2) is 7.67. The van der Waals surface area contributed by atoms with Crippen LogP contribution < -0.4 is 0 Å². The van der Waals surface area contributed by atoms with E-state index in [1.807, 2.05) is 0 Å². The van der Waals surface area contributed by atoms with E-state index in [1.165, 1.54) is 19.3 Å². The number of aliphatic hydroxyl groups excluding tert-OH is 1. The van der Waals surface area contributed by atoms with Crippen LogP contribution >= 0.6 is 0 Å². The third kappa shape index (κ3) is 5.50. The van der Waals surface area contributed by atoms with Gasteiger partial charge >= 0.3 is 5.97 Å². The van der Waals surface area contributed by atoms with Crippen molar-refractivity contribution in [2.45, 2.75) is 45.6 Å². The van der Waals surface area contributed by atoms with Crippen LogP contribution in [0.3, 0.4) is 0 Å². The third-order valence-corrected chi connectivity index (χ3v) is 3.36. The van der Waals surface area contributed by atoms with Crippen LogP contribution in [0.25, 0.3) is 0 Å². The van der Waals surface area contributed by atoms with Gasteiger partial charge in [-0.1, -0.05) is 13.3 Å². The molecule has 100 valence electrons. The highest BCUT2D eigenvalue weighted by atomic mass is 16.5. The van der Waals surface area contributed by atoms with Gasteiger partial charge in [0.2, 0.25) is 0 Å². The van der Waals surface area contributed by atoms with E-state index in [0.717, 1.165) is 19.0 Å². The molecule has 0 bridgehead atoms. The van der Waals surface area contributed by atoms with Crippen LogP contribution in [0.2, 0.25) is 0 Å². The number of nitrogens with zero attached hydrogens (tertiary/aromatic N) is 1. The Morgan fingerprint density at radius 1 is 1.47 bits per heavy atom. The number of ether oxygens (including phenoxy) is 1. The van der Waals surface area contributed by atoms with Crippen LogP contribution in [0, 0.1) is 5.92 Å². The molecule has 17 heavy (non-hydrogen) atoms. The fourth-order valence-corrected chi connectivity index (χ4v) is 2.15. The number of carbonyl (C=O) groups is 1. The summed E-state index contributed by atoms with van der Waals surface area (Å²) in [6, 6.07) is 0. The van der Waals surface area contributed by atoms with E-state index < -0.39 is 6.10 Å². The van der Waals surface area contributed by atoms with E-state index in [-0.39, 0.29) is 12.4 Å². The number of rotatable bonds is 8. The Morgan fingerprint density at radius 3 is 2.65 bits per heavy atom. The van der Waals surface area contributed by atoms with Gasteiger partial charge in [-0.15, -0.1) is 0 Å². The lowest BCUT2D eigenvalue weighted by Gasteiger charge is -2.32. The third-order valence-electron chi connectivity index (χ3n) is 3.36. The van der Waals surface area contributed by atoms with Gasteiger partial charge in [0.15, 0.2) is 0 Å². The Bertz CT molecular complexity index is 229. The summed E-state index contributed by atoms with van der Waals surface area (Å²) in [7, 11) is 0. The summed E-state index contributed by atoms with van der Waals surface area (Å²) >= 11 is 0. The average molecular weight is 243 g/mol. The molecule has 1 rings (SSSR count). The van der Waals surface area contributed by atoms with E-state index in [0.29, 0.717) is 13.2 Å². The SMILES string of the molecule is CCOC(=O)CC(O)CN(CC)CC1CCC1. The van der Waals surface area contributed by atoms with Gasteiger partial charge in [-0.05, 0) is 32.2 Å². The van der Waals surface area contributed by atoms with E-state index in [1.54, 1.807) is 6.92 Å². The number of likely N-dealkylation sites (N-methyl/N-ethyl adjacent to an activating group) is 1. The maximum absolute atomic E-state index is 11.2. The fourth-order valence-electron chi connectivity index (χ4n) is 2.15. The van der Waals surface area contributed by atoms with E-state index in [4.69, 9.17) is 4.74 Å². The largest absolute Gasteiger partial charge is 0.466 e. The molecule has 0 amide bonds. The maximum atomic E-state index is 11.2. The first-order valence-electron chi connectivity index (χ1n) is 6.71. The van der Waals surface area contributed by atoms with Crippen molar-refractivity contribution < 1.29 is 14.6 Å². The molecule has 0 aromatic heterocycles. The Hall–Kier alpha value is -0.610. The Kier molecular flexibility index (Phi) is 6.52. The van der Waals surface area contributed by atoms with Gasteiger partial charge in [-0.25, -0.2) is 0 Å². The van der Waals surface area contributed by atoms with Crippen molar-refractivity contribution >= 4 is 5.97 Å². The smallest absolute Gasteiger partial charge is 0.308 e. The standard InChI is InChI=1S/C13H25NO3/c1-3-14(9-11-6-5-7-11)10-12(15)8-13(16)17-4-2/h11-12,15H,3-10H2,1-2H3. The minimum atomic E-state index is -0.603. The second-order valence-corrected chi connectivity index (χ2v) is 4.81. The fraction of sp³-hybridized carbons (Fsp3) is 0.923. The normalized spacial score (nSPS) is 17.9. The monoisotopic (exact) mass is 243 g/mol. The van der Waals surface area contributed by atoms with Gasteiger partial charge in [0, 0.05) is 13.1 Å². The first-order chi connectivity index (χ1) is 8.15. The van der Waals surface area contributed by atoms with Crippen LogP contribution in [0.5, 0.6) is 0 Å². The molecule has 0 aromatic carbocycles. The molecule has 1 unspecified atom stereocenters. The zero-order valence-electron chi connectivity index (χ0n) is 11.0. The molecule has 1 atom stereocenters. The van der Waals surface area contributed by atoms with Gasteiger partial charge in [-0.3, -0.25) is 4.79 Å². The Labute approximate surface area is 104 Å².